The average Bonchev–Trinajstić information content (AvgIpc) is 2.78. The fourth-order valence-corrected chi connectivity index (χ4v) is 4.46. The van der Waals surface area contributed by atoms with E-state index in [1.165, 1.54) is 11.3 Å². The van der Waals surface area contributed by atoms with E-state index >= 15 is 0 Å². The van der Waals surface area contributed by atoms with E-state index in [2.05, 4.69) is 81.1 Å². The Hall–Kier alpha value is -1.65. The van der Waals surface area contributed by atoms with Crippen molar-refractivity contribution in [3.63, 3.8) is 0 Å². The van der Waals surface area contributed by atoms with Crippen LogP contribution in [0.3, 0.4) is 0 Å². The lowest BCUT2D eigenvalue weighted by Crippen LogP contribution is -2.61. The van der Waals surface area contributed by atoms with Crippen molar-refractivity contribution in [1.29, 1.82) is 0 Å². The van der Waals surface area contributed by atoms with Gasteiger partial charge in [0.2, 0.25) is 0 Å². The lowest BCUT2D eigenvalue weighted by atomic mass is 9.79. The van der Waals surface area contributed by atoms with Crippen molar-refractivity contribution in [3.8, 4) is 5.69 Å². The molecule has 3 rings (SSSR count). The van der Waals surface area contributed by atoms with Crippen LogP contribution in [0.25, 0.3) is 5.69 Å². The number of hydrogen-bond acceptors (Lipinski definition) is 3. The monoisotopic (exact) mass is 340 g/mol. The number of nitrogens with zero attached hydrogens (tertiary/aromatic N) is 2. The van der Waals surface area contributed by atoms with Crippen molar-refractivity contribution >= 4 is 0 Å². The second kappa shape index (κ2) is 6.58. The first kappa shape index (κ1) is 18.2. The van der Waals surface area contributed by atoms with Crippen molar-refractivity contribution in [2.45, 2.75) is 78.0 Å². The highest BCUT2D eigenvalue weighted by molar-refractivity contribution is 5.36. The number of piperidine rings is 1. The highest BCUT2D eigenvalue weighted by Gasteiger charge is 2.37. The predicted octanol–water partition coefficient (Wildman–Crippen LogP) is 3.89. The summed E-state index contributed by atoms with van der Waals surface area (Å²) in [7, 11) is 0. The lowest BCUT2D eigenvalue weighted by molar-refractivity contribution is 0.145. The summed E-state index contributed by atoms with van der Waals surface area (Å²) in [5, 5.41) is 12.3. The molecule has 0 atom stereocenters. The van der Waals surface area contributed by atoms with E-state index in [-0.39, 0.29) is 11.1 Å². The molecule has 0 aliphatic carbocycles. The van der Waals surface area contributed by atoms with E-state index in [1.807, 2.05) is 6.07 Å². The molecule has 136 valence electrons. The highest BCUT2D eigenvalue weighted by Crippen LogP contribution is 2.29. The fraction of sp³-hybridized carbons (Fsp3) is 0.571. The standard InChI is InChI=1S/C21H32N4/c1-15-19(16(2)25(23-15)18-10-8-7-9-11-18)14-22-17-12-20(3,4)24-21(5,6)13-17/h7-11,17,22,24H,12-14H2,1-6H3. The molecule has 1 saturated heterocycles. The predicted molar refractivity (Wildman–Crippen MR) is 104 cm³/mol. The Kier molecular flexibility index (Phi) is 4.78. The molecule has 1 aliphatic heterocycles. The molecule has 4 nitrogen and oxygen atoms in total. The molecule has 0 saturated carbocycles. The van der Waals surface area contributed by atoms with Crippen LogP contribution in [0, 0.1) is 13.8 Å². The van der Waals surface area contributed by atoms with Gasteiger partial charge in [0.05, 0.1) is 11.4 Å². The molecule has 4 heteroatoms. The molecule has 2 heterocycles. The van der Waals surface area contributed by atoms with Gasteiger partial charge in [0, 0.05) is 34.9 Å². The van der Waals surface area contributed by atoms with Crippen LogP contribution in [-0.4, -0.2) is 26.9 Å². The molecule has 1 aromatic heterocycles. The molecule has 0 unspecified atom stereocenters. The Bertz CT molecular complexity index is 712. The molecule has 1 aromatic carbocycles. The number of para-hydroxylation sites is 1. The molecular weight excluding hydrogens is 308 g/mol. The molecular formula is C21H32N4. The number of rotatable bonds is 4. The first-order valence-electron chi connectivity index (χ1n) is 9.30. The summed E-state index contributed by atoms with van der Waals surface area (Å²) in [6.45, 7) is 14.3. The number of nitrogens with one attached hydrogen (secondary N) is 2. The number of benzene rings is 1. The minimum atomic E-state index is 0.164. The van der Waals surface area contributed by atoms with E-state index in [0.717, 1.165) is 30.8 Å². The minimum absolute atomic E-state index is 0.164. The average molecular weight is 341 g/mol. The van der Waals surface area contributed by atoms with E-state index in [4.69, 9.17) is 5.10 Å². The maximum Gasteiger partial charge on any atom is 0.0648 e. The normalized spacial score (nSPS) is 19.9. The van der Waals surface area contributed by atoms with Crippen LogP contribution < -0.4 is 10.6 Å². The summed E-state index contributed by atoms with van der Waals surface area (Å²) in [4.78, 5) is 0. The molecule has 2 N–H and O–H groups in total. The summed E-state index contributed by atoms with van der Waals surface area (Å²) < 4.78 is 2.06. The van der Waals surface area contributed by atoms with Gasteiger partial charge in [-0.3, -0.25) is 0 Å². The zero-order chi connectivity index (χ0) is 18.2. The Labute approximate surface area is 152 Å². The molecule has 0 amide bonds. The van der Waals surface area contributed by atoms with Gasteiger partial charge in [-0.2, -0.15) is 5.10 Å². The zero-order valence-corrected chi connectivity index (χ0v) is 16.5. The second-order valence-corrected chi connectivity index (χ2v) is 8.78. The van der Waals surface area contributed by atoms with E-state index in [9.17, 15) is 0 Å². The minimum Gasteiger partial charge on any atom is -0.310 e. The van der Waals surface area contributed by atoms with Crippen LogP contribution in [0.15, 0.2) is 30.3 Å². The smallest absolute Gasteiger partial charge is 0.0648 e. The van der Waals surface area contributed by atoms with Gasteiger partial charge in [-0.25, -0.2) is 4.68 Å². The van der Waals surface area contributed by atoms with Crippen LogP contribution in [0.4, 0.5) is 0 Å². The topological polar surface area (TPSA) is 41.9 Å². The van der Waals surface area contributed by atoms with Crippen molar-refractivity contribution in [2.75, 3.05) is 0 Å². The molecule has 1 fully saturated rings. The van der Waals surface area contributed by atoms with Gasteiger partial charge >= 0.3 is 0 Å². The summed E-state index contributed by atoms with van der Waals surface area (Å²) in [5.41, 5.74) is 5.11. The Morgan fingerprint density at radius 1 is 1.08 bits per heavy atom. The fourth-order valence-electron chi connectivity index (χ4n) is 4.46. The Balaban J connectivity index is 1.75. The van der Waals surface area contributed by atoms with Gasteiger partial charge in [0.25, 0.3) is 0 Å². The van der Waals surface area contributed by atoms with Crippen molar-refractivity contribution in [2.24, 2.45) is 0 Å². The molecule has 1 aliphatic rings. The molecule has 25 heavy (non-hydrogen) atoms. The Morgan fingerprint density at radius 2 is 1.68 bits per heavy atom. The first-order valence-corrected chi connectivity index (χ1v) is 9.30. The van der Waals surface area contributed by atoms with E-state index < -0.39 is 0 Å². The van der Waals surface area contributed by atoms with Crippen molar-refractivity contribution in [1.82, 2.24) is 20.4 Å². The van der Waals surface area contributed by atoms with Gasteiger partial charge in [0.1, 0.15) is 0 Å². The SMILES string of the molecule is Cc1nn(-c2ccccc2)c(C)c1CNC1CC(C)(C)NC(C)(C)C1. The molecule has 0 bridgehead atoms. The third-order valence-electron chi connectivity index (χ3n) is 5.20. The number of aryl methyl sites for hydroxylation is 1. The third-order valence-corrected chi connectivity index (χ3v) is 5.20. The van der Waals surface area contributed by atoms with Crippen molar-refractivity contribution < 1.29 is 0 Å². The molecule has 2 aromatic rings. The largest absolute Gasteiger partial charge is 0.310 e. The summed E-state index contributed by atoms with van der Waals surface area (Å²) in [6.07, 6.45) is 2.28. The molecule has 0 spiro atoms. The maximum absolute atomic E-state index is 4.77. The third kappa shape index (κ3) is 4.13. The number of hydrogen-bond donors (Lipinski definition) is 2. The number of aromatic nitrogens is 2. The first-order chi connectivity index (χ1) is 11.7. The summed E-state index contributed by atoms with van der Waals surface area (Å²) in [6, 6.07) is 10.9. The van der Waals surface area contributed by atoms with Crippen molar-refractivity contribution in [3.05, 3.63) is 47.3 Å². The van der Waals surface area contributed by atoms with Crippen LogP contribution >= 0.6 is 0 Å². The molecule has 0 radical (unpaired) electrons. The van der Waals surface area contributed by atoms with Crippen LogP contribution in [-0.2, 0) is 6.54 Å². The van der Waals surface area contributed by atoms with E-state index in [0.29, 0.717) is 6.04 Å². The lowest BCUT2D eigenvalue weighted by Gasteiger charge is -2.46. The quantitative estimate of drug-likeness (QED) is 0.887. The van der Waals surface area contributed by atoms with E-state index in [1.54, 1.807) is 0 Å². The summed E-state index contributed by atoms with van der Waals surface area (Å²) in [5.74, 6) is 0. The van der Waals surface area contributed by atoms with Gasteiger partial charge < -0.3 is 10.6 Å². The van der Waals surface area contributed by atoms with Crippen LogP contribution in [0.1, 0.15) is 57.5 Å². The van der Waals surface area contributed by atoms with Gasteiger partial charge in [-0.1, -0.05) is 18.2 Å². The van der Waals surface area contributed by atoms with Gasteiger partial charge in [-0.05, 0) is 66.5 Å². The summed E-state index contributed by atoms with van der Waals surface area (Å²) >= 11 is 0. The van der Waals surface area contributed by atoms with Crippen LogP contribution in [0.2, 0.25) is 0 Å². The zero-order valence-electron chi connectivity index (χ0n) is 16.5. The highest BCUT2D eigenvalue weighted by atomic mass is 15.3. The Morgan fingerprint density at radius 3 is 2.28 bits per heavy atom. The second-order valence-electron chi connectivity index (χ2n) is 8.78. The van der Waals surface area contributed by atoms with Crippen LogP contribution in [0.5, 0.6) is 0 Å². The van der Waals surface area contributed by atoms with Gasteiger partial charge in [0.15, 0.2) is 0 Å². The van der Waals surface area contributed by atoms with Gasteiger partial charge in [-0.15, -0.1) is 0 Å². The maximum atomic E-state index is 4.77.